The van der Waals surface area contributed by atoms with E-state index in [2.05, 4.69) is 4.72 Å². The molecule has 0 saturated carbocycles. The van der Waals surface area contributed by atoms with E-state index in [1.165, 1.54) is 4.31 Å². The summed E-state index contributed by atoms with van der Waals surface area (Å²) in [5.74, 6) is 0. The summed E-state index contributed by atoms with van der Waals surface area (Å²) >= 11 is 0. The minimum Gasteiger partial charge on any atom is -0.197 e. The van der Waals surface area contributed by atoms with Crippen molar-refractivity contribution in [3.63, 3.8) is 0 Å². The Morgan fingerprint density at radius 3 is 2.31 bits per heavy atom. The molecule has 0 aromatic carbocycles. The van der Waals surface area contributed by atoms with Crippen LogP contribution in [0.2, 0.25) is 0 Å². The molecule has 0 bridgehead atoms. The Morgan fingerprint density at radius 2 is 1.88 bits per heavy atom. The highest BCUT2D eigenvalue weighted by Gasteiger charge is 2.25. The van der Waals surface area contributed by atoms with Gasteiger partial charge in [0.1, 0.15) is 6.04 Å². The van der Waals surface area contributed by atoms with Gasteiger partial charge >= 0.3 is 0 Å². The molecule has 0 spiro atoms. The van der Waals surface area contributed by atoms with Crippen molar-refractivity contribution in [1.29, 1.82) is 5.26 Å². The lowest BCUT2D eigenvalue weighted by Gasteiger charge is -2.21. The lowest BCUT2D eigenvalue weighted by molar-refractivity contribution is 0.411. The van der Waals surface area contributed by atoms with Gasteiger partial charge in [0.25, 0.3) is 10.2 Å². The summed E-state index contributed by atoms with van der Waals surface area (Å²) < 4.78 is 27.7. The molecule has 1 saturated heterocycles. The van der Waals surface area contributed by atoms with Crippen LogP contribution in [-0.4, -0.2) is 31.9 Å². The first-order valence-corrected chi connectivity index (χ1v) is 7.21. The van der Waals surface area contributed by atoms with Crippen LogP contribution in [0.15, 0.2) is 0 Å². The Labute approximate surface area is 97.6 Å². The van der Waals surface area contributed by atoms with Crippen molar-refractivity contribution in [2.75, 3.05) is 13.1 Å². The van der Waals surface area contributed by atoms with Gasteiger partial charge in [-0.05, 0) is 19.3 Å². The lowest BCUT2D eigenvalue weighted by Crippen LogP contribution is -2.45. The molecule has 0 aromatic heterocycles. The number of hydrogen-bond acceptors (Lipinski definition) is 3. The molecule has 0 radical (unpaired) electrons. The molecule has 92 valence electrons. The van der Waals surface area contributed by atoms with E-state index in [9.17, 15) is 8.42 Å². The van der Waals surface area contributed by atoms with E-state index < -0.39 is 16.3 Å². The molecular formula is C10H19N3O2S. The third-order valence-corrected chi connectivity index (χ3v) is 4.39. The van der Waals surface area contributed by atoms with E-state index in [0.717, 1.165) is 25.7 Å². The Hall–Kier alpha value is -0.640. The van der Waals surface area contributed by atoms with Gasteiger partial charge in [-0.2, -0.15) is 22.7 Å². The second-order valence-corrected chi connectivity index (χ2v) is 5.73. The molecule has 6 heteroatoms. The molecule has 1 fully saturated rings. The van der Waals surface area contributed by atoms with Crippen molar-refractivity contribution in [3.8, 4) is 6.07 Å². The monoisotopic (exact) mass is 245 g/mol. The quantitative estimate of drug-likeness (QED) is 0.803. The van der Waals surface area contributed by atoms with Gasteiger partial charge in [-0.1, -0.05) is 19.8 Å². The molecule has 5 nitrogen and oxygen atoms in total. The third kappa shape index (κ3) is 3.74. The van der Waals surface area contributed by atoms with Gasteiger partial charge in [-0.25, -0.2) is 0 Å². The van der Waals surface area contributed by atoms with Gasteiger partial charge in [0.2, 0.25) is 0 Å². The molecule has 1 rings (SSSR count). The maximum absolute atomic E-state index is 11.9. The van der Waals surface area contributed by atoms with E-state index >= 15 is 0 Å². The molecule has 1 atom stereocenters. The summed E-state index contributed by atoms with van der Waals surface area (Å²) in [6.45, 7) is 2.92. The first-order valence-electron chi connectivity index (χ1n) is 5.77. The average Bonchev–Trinajstić information content (AvgIpc) is 2.54. The van der Waals surface area contributed by atoms with Crippen molar-refractivity contribution in [2.24, 2.45) is 0 Å². The largest absolute Gasteiger partial charge is 0.280 e. The van der Waals surface area contributed by atoms with Crippen LogP contribution in [0, 0.1) is 11.3 Å². The maximum atomic E-state index is 11.9. The van der Waals surface area contributed by atoms with Crippen LogP contribution in [0.4, 0.5) is 0 Å². The van der Waals surface area contributed by atoms with E-state index in [4.69, 9.17) is 5.26 Å². The van der Waals surface area contributed by atoms with E-state index in [1.807, 2.05) is 6.07 Å². The molecule has 0 aliphatic carbocycles. The first-order chi connectivity index (χ1) is 7.60. The lowest BCUT2D eigenvalue weighted by atomic mass is 10.2. The maximum Gasteiger partial charge on any atom is 0.280 e. The van der Waals surface area contributed by atoms with Crippen LogP contribution < -0.4 is 4.72 Å². The SMILES string of the molecule is CCC(C#N)NS(=O)(=O)N1CCCCCC1. The number of nitrogens with zero attached hydrogens (tertiary/aromatic N) is 2. The summed E-state index contributed by atoms with van der Waals surface area (Å²) in [4.78, 5) is 0. The Bertz CT molecular complexity index is 340. The second kappa shape index (κ2) is 6.18. The van der Waals surface area contributed by atoms with Crippen molar-refractivity contribution in [1.82, 2.24) is 9.03 Å². The minimum atomic E-state index is -3.47. The highest BCUT2D eigenvalue weighted by Crippen LogP contribution is 2.12. The van der Waals surface area contributed by atoms with E-state index in [1.54, 1.807) is 6.92 Å². The first kappa shape index (κ1) is 13.4. The highest BCUT2D eigenvalue weighted by atomic mass is 32.2. The predicted octanol–water partition coefficient (Wildman–Crippen LogP) is 0.999. The zero-order valence-electron chi connectivity index (χ0n) is 9.65. The molecule has 1 heterocycles. The van der Waals surface area contributed by atoms with Crippen LogP contribution in [0.25, 0.3) is 0 Å². The average molecular weight is 245 g/mol. The molecule has 1 aliphatic rings. The highest BCUT2D eigenvalue weighted by molar-refractivity contribution is 7.87. The zero-order valence-corrected chi connectivity index (χ0v) is 10.5. The third-order valence-electron chi connectivity index (χ3n) is 2.76. The number of rotatable bonds is 4. The summed E-state index contributed by atoms with van der Waals surface area (Å²) in [7, 11) is -3.47. The molecule has 0 aromatic rings. The van der Waals surface area contributed by atoms with Gasteiger partial charge in [0.05, 0.1) is 6.07 Å². The smallest absolute Gasteiger partial charge is 0.197 e. The van der Waals surface area contributed by atoms with Crippen molar-refractivity contribution in [3.05, 3.63) is 0 Å². The van der Waals surface area contributed by atoms with Crippen LogP contribution in [0.1, 0.15) is 39.0 Å². The van der Waals surface area contributed by atoms with Crippen LogP contribution >= 0.6 is 0 Å². The fourth-order valence-corrected chi connectivity index (χ4v) is 3.20. The topological polar surface area (TPSA) is 73.2 Å². The zero-order chi connectivity index (χ0) is 12.0. The number of nitriles is 1. The minimum absolute atomic E-state index is 0.490. The van der Waals surface area contributed by atoms with Crippen molar-refractivity contribution < 1.29 is 8.42 Å². The van der Waals surface area contributed by atoms with Crippen LogP contribution in [0.5, 0.6) is 0 Å². The van der Waals surface area contributed by atoms with Gasteiger partial charge in [0, 0.05) is 13.1 Å². The molecule has 1 aliphatic heterocycles. The molecule has 1 N–H and O–H groups in total. The van der Waals surface area contributed by atoms with Crippen LogP contribution in [0.3, 0.4) is 0 Å². The summed E-state index contributed by atoms with van der Waals surface area (Å²) in [5, 5.41) is 8.75. The van der Waals surface area contributed by atoms with Crippen molar-refractivity contribution in [2.45, 2.75) is 45.1 Å². The van der Waals surface area contributed by atoms with Gasteiger partial charge in [-0.15, -0.1) is 0 Å². The van der Waals surface area contributed by atoms with E-state index in [0.29, 0.717) is 19.5 Å². The second-order valence-electron chi connectivity index (χ2n) is 4.03. The summed E-state index contributed by atoms with van der Waals surface area (Å²) in [6.07, 6.45) is 4.47. The van der Waals surface area contributed by atoms with Crippen LogP contribution in [-0.2, 0) is 10.2 Å². The molecule has 16 heavy (non-hydrogen) atoms. The Morgan fingerprint density at radius 1 is 1.31 bits per heavy atom. The Kier molecular flexibility index (Phi) is 5.19. The molecular weight excluding hydrogens is 226 g/mol. The fraction of sp³-hybridized carbons (Fsp3) is 0.900. The predicted molar refractivity (Wildman–Crippen MR) is 61.8 cm³/mol. The van der Waals surface area contributed by atoms with Crippen molar-refractivity contribution >= 4 is 10.2 Å². The number of nitrogens with one attached hydrogen (secondary N) is 1. The molecule has 0 amide bonds. The fourth-order valence-electron chi connectivity index (χ4n) is 1.74. The Balaban J connectivity index is 2.65. The van der Waals surface area contributed by atoms with Gasteiger partial charge in [0.15, 0.2) is 0 Å². The van der Waals surface area contributed by atoms with Gasteiger partial charge in [-0.3, -0.25) is 0 Å². The van der Waals surface area contributed by atoms with E-state index in [-0.39, 0.29) is 0 Å². The molecule has 1 unspecified atom stereocenters. The summed E-state index contributed by atoms with van der Waals surface area (Å²) in [6, 6.07) is 1.33. The summed E-state index contributed by atoms with van der Waals surface area (Å²) in [5.41, 5.74) is 0. The van der Waals surface area contributed by atoms with Gasteiger partial charge < -0.3 is 0 Å². The normalized spacial score (nSPS) is 21.0. The number of hydrogen-bond donors (Lipinski definition) is 1. The standard InChI is InChI=1S/C10H19N3O2S/c1-2-10(9-11)12-16(14,15)13-7-5-3-4-6-8-13/h10,12H,2-8H2,1H3.